The molecule has 1 saturated carbocycles. The number of hydrogen-bond donors (Lipinski definition) is 1. The summed E-state index contributed by atoms with van der Waals surface area (Å²) < 4.78 is 5.97. The molecule has 1 rings (SSSR count). The van der Waals surface area contributed by atoms with E-state index in [-0.39, 0.29) is 0 Å². The lowest BCUT2D eigenvalue weighted by Crippen LogP contribution is -2.29. The van der Waals surface area contributed by atoms with E-state index in [1.54, 1.807) is 0 Å². The molecule has 0 aromatic heterocycles. The summed E-state index contributed by atoms with van der Waals surface area (Å²) in [4.78, 5) is 0. The highest BCUT2D eigenvalue weighted by molar-refractivity contribution is 4.75. The molecule has 2 nitrogen and oxygen atoms in total. The lowest BCUT2D eigenvalue weighted by atomic mass is 9.82. The van der Waals surface area contributed by atoms with E-state index in [0.29, 0.717) is 6.10 Å². The Balaban J connectivity index is 1.98. The van der Waals surface area contributed by atoms with Crippen LogP contribution in [0.25, 0.3) is 0 Å². The Morgan fingerprint density at radius 3 is 2.29 bits per heavy atom. The molecular formula is C15H31NO. The van der Waals surface area contributed by atoms with Gasteiger partial charge in [0.2, 0.25) is 0 Å². The molecule has 2 atom stereocenters. The molecule has 0 radical (unpaired) electrons. The van der Waals surface area contributed by atoms with Crippen molar-refractivity contribution in [1.82, 2.24) is 5.32 Å². The number of nitrogens with one attached hydrogen (secondary N) is 1. The molecule has 0 heterocycles. The Labute approximate surface area is 108 Å². The fourth-order valence-electron chi connectivity index (χ4n) is 2.82. The predicted molar refractivity (Wildman–Crippen MR) is 74.2 cm³/mol. The molecule has 0 amide bonds. The van der Waals surface area contributed by atoms with E-state index in [1.165, 1.54) is 25.7 Å². The van der Waals surface area contributed by atoms with E-state index in [0.717, 1.165) is 37.5 Å². The number of rotatable bonds is 7. The smallest absolute Gasteiger partial charge is 0.0594 e. The van der Waals surface area contributed by atoms with Gasteiger partial charge in [0.25, 0.3) is 0 Å². The molecule has 1 aliphatic rings. The summed E-state index contributed by atoms with van der Waals surface area (Å²) in [6.07, 6.45) is 5.68. The van der Waals surface area contributed by atoms with Gasteiger partial charge in [-0.1, -0.05) is 27.7 Å². The fourth-order valence-corrected chi connectivity index (χ4v) is 2.82. The Morgan fingerprint density at radius 1 is 1.06 bits per heavy atom. The monoisotopic (exact) mass is 241 g/mol. The van der Waals surface area contributed by atoms with Gasteiger partial charge in [0.05, 0.1) is 12.7 Å². The third kappa shape index (κ3) is 7.05. The van der Waals surface area contributed by atoms with Crippen molar-refractivity contribution in [2.75, 3.05) is 19.7 Å². The van der Waals surface area contributed by atoms with Gasteiger partial charge in [0.1, 0.15) is 0 Å². The van der Waals surface area contributed by atoms with Crippen molar-refractivity contribution in [1.29, 1.82) is 0 Å². The van der Waals surface area contributed by atoms with Crippen LogP contribution in [-0.4, -0.2) is 25.8 Å². The Kier molecular flexibility index (Phi) is 7.14. The third-order valence-electron chi connectivity index (χ3n) is 3.67. The van der Waals surface area contributed by atoms with Gasteiger partial charge < -0.3 is 10.1 Å². The van der Waals surface area contributed by atoms with Crippen LogP contribution in [0.3, 0.4) is 0 Å². The predicted octanol–water partition coefficient (Wildman–Crippen LogP) is 3.46. The topological polar surface area (TPSA) is 21.3 Å². The average Bonchev–Trinajstić information content (AvgIpc) is 2.21. The van der Waals surface area contributed by atoms with E-state index >= 15 is 0 Å². The lowest BCUT2D eigenvalue weighted by Gasteiger charge is -2.31. The van der Waals surface area contributed by atoms with Crippen molar-refractivity contribution >= 4 is 0 Å². The highest BCUT2D eigenvalue weighted by Gasteiger charge is 2.23. The second kappa shape index (κ2) is 8.10. The summed E-state index contributed by atoms with van der Waals surface area (Å²) >= 11 is 0. The maximum atomic E-state index is 5.97. The van der Waals surface area contributed by atoms with Crippen LogP contribution >= 0.6 is 0 Å². The van der Waals surface area contributed by atoms with E-state index < -0.39 is 0 Å². The molecule has 1 N–H and O–H groups in total. The van der Waals surface area contributed by atoms with Crippen molar-refractivity contribution < 1.29 is 4.74 Å². The molecule has 0 aromatic carbocycles. The van der Waals surface area contributed by atoms with Crippen molar-refractivity contribution in [2.45, 2.75) is 59.5 Å². The first-order valence-electron chi connectivity index (χ1n) is 7.40. The minimum Gasteiger partial charge on any atom is -0.377 e. The largest absolute Gasteiger partial charge is 0.377 e. The summed E-state index contributed by atoms with van der Waals surface area (Å²) in [6.45, 7) is 12.2. The molecular weight excluding hydrogens is 210 g/mol. The van der Waals surface area contributed by atoms with Crippen LogP contribution < -0.4 is 5.32 Å². The Hall–Kier alpha value is -0.0800. The summed E-state index contributed by atoms with van der Waals surface area (Å²) in [6, 6.07) is 0. The Bertz CT molecular complexity index is 183. The quantitative estimate of drug-likeness (QED) is 0.689. The van der Waals surface area contributed by atoms with Gasteiger partial charge in [-0.15, -0.1) is 0 Å². The number of ether oxygens (including phenoxy) is 1. The average molecular weight is 241 g/mol. The van der Waals surface area contributed by atoms with Gasteiger partial charge in [0.15, 0.2) is 0 Å². The van der Waals surface area contributed by atoms with Gasteiger partial charge in [-0.25, -0.2) is 0 Å². The minimum absolute atomic E-state index is 0.514. The second-order valence-electron chi connectivity index (χ2n) is 6.34. The molecule has 0 aromatic rings. The van der Waals surface area contributed by atoms with Crippen LogP contribution in [0, 0.1) is 17.8 Å². The van der Waals surface area contributed by atoms with Gasteiger partial charge in [-0.2, -0.15) is 0 Å². The highest BCUT2D eigenvalue weighted by atomic mass is 16.5. The zero-order chi connectivity index (χ0) is 12.7. The third-order valence-corrected chi connectivity index (χ3v) is 3.67. The van der Waals surface area contributed by atoms with Crippen molar-refractivity contribution in [3.8, 4) is 0 Å². The zero-order valence-electron chi connectivity index (χ0n) is 12.2. The fraction of sp³-hybridized carbons (Fsp3) is 1.00. The first kappa shape index (κ1) is 15.0. The normalized spacial score (nSPS) is 29.8. The van der Waals surface area contributed by atoms with Crippen LogP contribution in [0.4, 0.5) is 0 Å². The molecule has 2 heteroatoms. The summed E-state index contributed by atoms with van der Waals surface area (Å²) in [5.74, 6) is 2.48. The van der Waals surface area contributed by atoms with Gasteiger partial charge in [0, 0.05) is 6.54 Å². The maximum Gasteiger partial charge on any atom is 0.0594 e. The van der Waals surface area contributed by atoms with Crippen LogP contribution in [-0.2, 0) is 4.74 Å². The van der Waals surface area contributed by atoms with Crippen molar-refractivity contribution in [3.63, 3.8) is 0 Å². The molecule has 1 aliphatic carbocycles. The Morgan fingerprint density at radius 2 is 1.71 bits per heavy atom. The summed E-state index contributed by atoms with van der Waals surface area (Å²) in [7, 11) is 0. The van der Waals surface area contributed by atoms with Gasteiger partial charge in [-0.3, -0.25) is 0 Å². The SMILES string of the molecule is CC(C)CCNCCOC1CC(C)CC(C)C1. The molecule has 0 saturated heterocycles. The van der Waals surface area contributed by atoms with Crippen LogP contribution in [0.1, 0.15) is 53.4 Å². The highest BCUT2D eigenvalue weighted by Crippen LogP contribution is 2.30. The van der Waals surface area contributed by atoms with Crippen molar-refractivity contribution in [2.24, 2.45) is 17.8 Å². The maximum absolute atomic E-state index is 5.97. The lowest BCUT2D eigenvalue weighted by molar-refractivity contribution is 0.00270. The molecule has 0 bridgehead atoms. The van der Waals surface area contributed by atoms with Gasteiger partial charge >= 0.3 is 0 Å². The second-order valence-corrected chi connectivity index (χ2v) is 6.34. The number of hydrogen-bond acceptors (Lipinski definition) is 2. The standard InChI is InChI=1S/C15H31NO/c1-12(2)5-6-16-7-8-17-15-10-13(3)9-14(4)11-15/h12-16H,5-11H2,1-4H3. The summed E-state index contributed by atoms with van der Waals surface area (Å²) in [5.41, 5.74) is 0. The van der Waals surface area contributed by atoms with Crippen molar-refractivity contribution in [3.05, 3.63) is 0 Å². The van der Waals surface area contributed by atoms with E-state index in [4.69, 9.17) is 4.74 Å². The first-order chi connectivity index (χ1) is 8.08. The molecule has 0 aliphatic heterocycles. The molecule has 0 spiro atoms. The molecule has 1 fully saturated rings. The van der Waals surface area contributed by atoms with Crippen LogP contribution in [0.2, 0.25) is 0 Å². The minimum atomic E-state index is 0.514. The molecule has 2 unspecified atom stereocenters. The zero-order valence-corrected chi connectivity index (χ0v) is 12.2. The van der Waals surface area contributed by atoms with Crippen LogP contribution in [0.5, 0.6) is 0 Å². The first-order valence-corrected chi connectivity index (χ1v) is 7.40. The van der Waals surface area contributed by atoms with E-state index in [9.17, 15) is 0 Å². The summed E-state index contributed by atoms with van der Waals surface area (Å²) in [5, 5.41) is 3.45. The van der Waals surface area contributed by atoms with Gasteiger partial charge in [-0.05, 0) is 50.0 Å². The van der Waals surface area contributed by atoms with Crippen LogP contribution in [0.15, 0.2) is 0 Å². The molecule has 102 valence electrons. The molecule has 17 heavy (non-hydrogen) atoms. The van der Waals surface area contributed by atoms with E-state index in [2.05, 4.69) is 33.0 Å². The van der Waals surface area contributed by atoms with E-state index in [1.807, 2.05) is 0 Å².